The first-order valence-electron chi connectivity index (χ1n) is 8.70. The fourth-order valence-electron chi connectivity index (χ4n) is 2.89. The second-order valence-corrected chi connectivity index (χ2v) is 6.41. The summed E-state index contributed by atoms with van der Waals surface area (Å²) in [6.45, 7) is 1.98. The van der Waals surface area contributed by atoms with Crippen LogP contribution in [0.4, 0.5) is 8.78 Å². The van der Waals surface area contributed by atoms with Gasteiger partial charge in [-0.05, 0) is 30.5 Å². The third-order valence-corrected chi connectivity index (χ3v) is 4.42. The first kappa shape index (κ1) is 23.8. The van der Waals surface area contributed by atoms with Crippen LogP contribution in [-0.4, -0.2) is 57.5 Å². The van der Waals surface area contributed by atoms with Gasteiger partial charge in [0.15, 0.2) is 5.96 Å². The molecule has 27 heavy (non-hydrogen) atoms. The van der Waals surface area contributed by atoms with Crippen molar-refractivity contribution < 1.29 is 23.4 Å². The van der Waals surface area contributed by atoms with Crippen LogP contribution in [0, 0.1) is 5.41 Å². The minimum absolute atomic E-state index is 0. The van der Waals surface area contributed by atoms with Crippen LogP contribution in [0.2, 0.25) is 0 Å². The molecular formula is C18H28F2IN3O3. The molecule has 1 heterocycles. The normalized spacial score (nSPS) is 19.7. The average molecular weight is 499 g/mol. The molecule has 0 aliphatic carbocycles. The van der Waals surface area contributed by atoms with E-state index >= 15 is 0 Å². The van der Waals surface area contributed by atoms with Gasteiger partial charge in [0, 0.05) is 38.8 Å². The van der Waals surface area contributed by atoms with Crippen molar-refractivity contribution in [2.45, 2.75) is 25.8 Å². The molecule has 0 aromatic heterocycles. The second kappa shape index (κ2) is 12.3. The van der Waals surface area contributed by atoms with E-state index in [0.29, 0.717) is 44.4 Å². The molecule has 1 aliphatic heterocycles. The maximum atomic E-state index is 12.2. The first-order valence-corrected chi connectivity index (χ1v) is 8.70. The molecule has 2 rings (SSSR count). The molecule has 0 spiro atoms. The Hall–Kier alpha value is -1.20. The van der Waals surface area contributed by atoms with Crippen molar-refractivity contribution >= 4 is 29.9 Å². The molecule has 0 bridgehead atoms. The van der Waals surface area contributed by atoms with Gasteiger partial charge in [0.1, 0.15) is 12.4 Å². The number of hydrogen-bond acceptors (Lipinski definition) is 4. The SMILES string of the molecule is CN=C(NCc1cccc(OCC(F)F)c1)NCC1(CCO)CCOC1.I. The number of alkyl halides is 2. The Morgan fingerprint density at radius 3 is 2.85 bits per heavy atom. The lowest BCUT2D eigenvalue weighted by molar-refractivity contribution is 0.0818. The number of nitrogens with zero attached hydrogens (tertiary/aromatic N) is 1. The highest BCUT2D eigenvalue weighted by molar-refractivity contribution is 14.0. The molecule has 154 valence electrons. The van der Waals surface area contributed by atoms with Gasteiger partial charge in [-0.25, -0.2) is 8.78 Å². The molecule has 1 fully saturated rings. The lowest BCUT2D eigenvalue weighted by Crippen LogP contribution is -2.44. The minimum atomic E-state index is -2.49. The topological polar surface area (TPSA) is 75.1 Å². The van der Waals surface area contributed by atoms with Gasteiger partial charge < -0.3 is 25.2 Å². The molecule has 0 radical (unpaired) electrons. The number of aliphatic imine (C=N–C) groups is 1. The highest BCUT2D eigenvalue weighted by Crippen LogP contribution is 2.31. The number of ether oxygens (including phenoxy) is 2. The van der Waals surface area contributed by atoms with Crippen LogP contribution in [0.3, 0.4) is 0 Å². The van der Waals surface area contributed by atoms with Crippen molar-refractivity contribution in [3.63, 3.8) is 0 Å². The fourth-order valence-corrected chi connectivity index (χ4v) is 2.89. The molecule has 1 unspecified atom stereocenters. The largest absolute Gasteiger partial charge is 0.488 e. The molecule has 9 heteroatoms. The standard InChI is InChI=1S/C18H27F2N3O3.HI/c1-21-17(23-12-18(5-7-24)6-8-25-13-18)22-10-14-3-2-4-15(9-14)26-11-16(19)20;/h2-4,9,16,24H,5-8,10-13H2,1H3,(H2,21,22,23);1H. The second-order valence-electron chi connectivity index (χ2n) is 6.41. The highest BCUT2D eigenvalue weighted by Gasteiger charge is 2.34. The Morgan fingerprint density at radius 2 is 2.22 bits per heavy atom. The lowest BCUT2D eigenvalue weighted by Gasteiger charge is -2.27. The smallest absolute Gasteiger partial charge is 0.272 e. The van der Waals surface area contributed by atoms with Gasteiger partial charge in [-0.1, -0.05) is 12.1 Å². The summed E-state index contributed by atoms with van der Waals surface area (Å²) in [4.78, 5) is 4.20. The van der Waals surface area contributed by atoms with Crippen LogP contribution in [0.25, 0.3) is 0 Å². The zero-order valence-corrected chi connectivity index (χ0v) is 17.7. The number of hydrogen-bond donors (Lipinski definition) is 3. The van der Waals surface area contributed by atoms with E-state index in [1.807, 2.05) is 6.07 Å². The summed E-state index contributed by atoms with van der Waals surface area (Å²) in [7, 11) is 1.68. The van der Waals surface area contributed by atoms with E-state index in [4.69, 9.17) is 9.47 Å². The molecule has 0 saturated carbocycles. The van der Waals surface area contributed by atoms with Crippen LogP contribution in [0.5, 0.6) is 5.75 Å². The van der Waals surface area contributed by atoms with Gasteiger partial charge in [0.05, 0.1) is 6.61 Å². The van der Waals surface area contributed by atoms with Crippen LogP contribution >= 0.6 is 24.0 Å². The van der Waals surface area contributed by atoms with E-state index in [1.165, 1.54) is 0 Å². The average Bonchev–Trinajstić information content (AvgIpc) is 3.09. The summed E-state index contributed by atoms with van der Waals surface area (Å²) in [6, 6.07) is 7.02. The van der Waals surface area contributed by atoms with Gasteiger partial charge in [-0.15, -0.1) is 24.0 Å². The summed E-state index contributed by atoms with van der Waals surface area (Å²) < 4.78 is 35.0. The number of nitrogens with one attached hydrogen (secondary N) is 2. The molecule has 6 nitrogen and oxygen atoms in total. The quantitative estimate of drug-likeness (QED) is 0.277. The Kier molecular flexibility index (Phi) is 10.9. The predicted molar refractivity (Wildman–Crippen MR) is 111 cm³/mol. The van der Waals surface area contributed by atoms with Gasteiger partial charge in [0.2, 0.25) is 0 Å². The van der Waals surface area contributed by atoms with Crippen molar-refractivity contribution in [1.29, 1.82) is 0 Å². The van der Waals surface area contributed by atoms with E-state index < -0.39 is 13.0 Å². The Labute approximate surface area is 175 Å². The summed E-state index contributed by atoms with van der Waals surface area (Å²) in [5.74, 6) is 1.05. The van der Waals surface area contributed by atoms with Crippen molar-refractivity contribution in [1.82, 2.24) is 10.6 Å². The highest BCUT2D eigenvalue weighted by atomic mass is 127. The van der Waals surface area contributed by atoms with Crippen molar-refractivity contribution in [2.75, 3.05) is 40.0 Å². The lowest BCUT2D eigenvalue weighted by atomic mass is 9.84. The Morgan fingerprint density at radius 1 is 1.41 bits per heavy atom. The van der Waals surface area contributed by atoms with Crippen LogP contribution in [0.15, 0.2) is 29.3 Å². The minimum Gasteiger partial charge on any atom is -0.488 e. The van der Waals surface area contributed by atoms with Gasteiger partial charge in [-0.3, -0.25) is 4.99 Å². The van der Waals surface area contributed by atoms with Crippen molar-refractivity contribution in [3.05, 3.63) is 29.8 Å². The first-order chi connectivity index (χ1) is 12.6. The van der Waals surface area contributed by atoms with E-state index in [1.54, 1.807) is 25.2 Å². The third-order valence-electron chi connectivity index (χ3n) is 4.42. The molecule has 1 aromatic rings. The molecular weight excluding hydrogens is 471 g/mol. The summed E-state index contributed by atoms with van der Waals surface area (Å²) in [6.07, 6.45) is -0.910. The van der Waals surface area contributed by atoms with E-state index in [-0.39, 0.29) is 36.0 Å². The third kappa shape index (κ3) is 8.14. The van der Waals surface area contributed by atoms with Crippen molar-refractivity contribution in [3.8, 4) is 5.75 Å². The molecule has 1 atom stereocenters. The molecule has 1 aromatic carbocycles. The number of guanidine groups is 1. The van der Waals surface area contributed by atoms with E-state index in [2.05, 4.69) is 15.6 Å². The number of benzene rings is 1. The van der Waals surface area contributed by atoms with Crippen LogP contribution in [-0.2, 0) is 11.3 Å². The van der Waals surface area contributed by atoms with Crippen molar-refractivity contribution in [2.24, 2.45) is 10.4 Å². The monoisotopic (exact) mass is 499 g/mol. The number of halogens is 3. The summed E-state index contributed by atoms with van der Waals surface area (Å²) in [5.41, 5.74) is 0.823. The van der Waals surface area contributed by atoms with E-state index in [0.717, 1.165) is 12.0 Å². The number of rotatable bonds is 9. The molecule has 3 N–H and O–H groups in total. The zero-order chi connectivity index (χ0) is 18.8. The Balaban J connectivity index is 0.00000364. The maximum Gasteiger partial charge on any atom is 0.272 e. The number of aliphatic hydroxyl groups excluding tert-OH is 1. The summed E-state index contributed by atoms with van der Waals surface area (Å²) in [5, 5.41) is 15.8. The maximum absolute atomic E-state index is 12.2. The van der Waals surface area contributed by atoms with Gasteiger partial charge >= 0.3 is 0 Å². The molecule has 1 saturated heterocycles. The zero-order valence-electron chi connectivity index (χ0n) is 15.4. The molecule has 0 amide bonds. The summed E-state index contributed by atoms with van der Waals surface area (Å²) >= 11 is 0. The molecule has 1 aliphatic rings. The van der Waals surface area contributed by atoms with Crippen LogP contribution in [0.1, 0.15) is 18.4 Å². The van der Waals surface area contributed by atoms with Crippen LogP contribution < -0.4 is 15.4 Å². The number of aliphatic hydroxyl groups is 1. The van der Waals surface area contributed by atoms with Gasteiger partial charge in [0.25, 0.3) is 6.43 Å². The fraction of sp³-hybridized carbons (Fsp3) is 0.611. The predicted octanol–water partition coefficient (Wildman–Crippen LogP) is 2.40. The van der Waals surface area contributed by atoms with E-state index in [9.17, 15) is 13.9 Å². The van der Waals surface area contributed by atoms with Gasteiger partial charge in [-0.2, -0.15) is 0 Å². The Bertz CT molecular complexity index is 585.